The number of carbonyl (C=O) groups excluding carboxylic acids is 1. The van der Waals surface area contributed by atoms with Crippen LogP contribution in [0.1, 0.15) is 26.7 Å². The molecular formula is C12H24N2O4S. The average molecular weight is 292 g/mol. The van der Waals surface area contributed by atoms with E-state index in [0.29, 0.717) is 18.9 Å². The third-order valence-corrected chi connectivity index (χ3v) is 4.81. The van der Waals surface area contributed by atoms with Crippen LogP contribution in [0.2, 0.25) is 0 Å². The molecule has 1 aliphatic heterocycles. The van der Waals surface area contributed by atoms with Crippen molar-refractivity contribution in [2.75, 3.05) is 24.7 Å². The maximum atomic E-state index is 11.8. The van der Waals surface area contributed by atoms with Crippen molar-refractivity contribution in [1.29, 1.82) is 0 Å². The molecule has 112 valence electrons. The van der Waals surface area contributed by atoms with Gasteiger partial charge >= 0.3 is 0 Å². The molecule has 1 aliphatic rings. The van der Waals surface area contributed by atoms with Crippen molar-refractivity contribution in [3.05, 3.63) is 0 Å². The first kappa shape index (κ1) is 16.4. The van der Waals surface area contributed by atoms with Crippen LogP contribution < -0.4 is 10.6 Å². The second-order valence-electron chi connectivity index (χ2n) is 5.55. The van der Waals surface area contributed by atoms with Crippen molar-refractivity contribution in [2.24, 2.45) is 5.92 Å². The van der Waals surface area contributed by atoms with Crippen LogP contribution in [-0.2, 0) is 14.6 Å². The molecule has 0 aromatic heterocycles. The van der Waals surface area contributed by atoms with Crippen molar-refractivity contribution in [3.63, 3.8) is 0 Å². The standard InChI is InChI=1S/C12H24N2O4S/c1-9(2)5-10(7-15)14-12(16)6-11-8-19(17,18)4-3-13-11/h9-11,13,15H,3-8H2,1-2H3,(H,14,16). The Balaban J connectivity index is 2.41. The van der Waals surface area contributed by atoms with Gasteiger partial charge in [0.25, 0.3) is 0 Å². The first-order valence-corrected chi connectivity index (χ1v) is 8.48. The minimum absolute atomic E-state index is 0.00833. The third-order valence-electron chi connectivity index (χ3n) is 3.07. The highest BCUT2D eigenvalue weighted by atomic mass is 32.2. The van der Waals surface area contributed by atoms with E-state index in [4.69, 9.17) is 0 Å². The maximum absolute atomic E-state index is 11.8. The first-order valence-electron chi connectivity index (χ1n) is 6.66. The minimum Gasteiger partial charge on any atom is -0.394 e. The SMILES string of the molecule is CC(C)CC(CO)NC(=O)CC1CS(=O)(=O)CCN1. The van der Waals surface area contributed by atoms with Gasteiger partial charge in [0, 0.05) is 19.0 Å². The van der Waals surface area contributed by atoms with E-state index in [1.165, 1.54) is 0 Å². The van der Waals surface area contributed by atoms with E-state index >= 15 is 0 Å². The Labute approximate surface area is 114 Å². The summed E-state index contributed by atoms with van der Waals surface area (Å²) in [6.45, 7) is 4.34. The maximum Gasteiger partial charge on any atom is 0.221 e. The van der Waals surface area contributed by atoms with Gasteiger partial charge in [-0.1, -0.05) is 13.8 Å². The van der Waals surface area contributed by atoms with Gasteiger partial charge in [0.1, 0.15) is 0 Å². The zero-order valence-electron chi connectivity index (χ0n) is 11.6. The largest absolute Gasteiger partial charge is 0.394 e. The Kier molecular flexibility index (Phi) is 6.22. The average Bonchev–Trinajstić information content (AvgIpc) is 2.25. The number of hydrogen-bond acceptors (Lipinski definition) is 5. The summed E-state index contributed by atoms with van der Waals surface area (Å²) in [4.78, 5) is 11.8. The molecule has 3 N–H and O–H groups in total. The fourth-order valence-corrected chi connectivity index (χ4v) is 3.70. The van der Waals surface area contributed by atoms with Gasteiger partial charge in [-0.05, 0) is 12.3 Å². The van der Waals surface area contributed by atoms with Crippen LogP contribution in [0.3, 0.4) is 0 Å². The van der Waals surface area contributed by atoms with Gasteiger partial charge < -0.3 is 15.7 Å². The zero-order valence-corrected chi connectivity index (χ0v) is 12.4. The Morgan fingerprint density at radius 3 is 2.68 bits per heavy atom. The molecule has 0 saturated carbocycles. The molecule has 1 rings (SSSR count). The predicted octanol–water partition coefficient (Wildman–Crippen LogP) is -0.714. The van der Waals surface area contributed by atoms with Crippen molar-refractivity contribution in [1.82, 2.24) is 10.6 Å². The van der Waals surface area contributed by atoms with Gasteiger partial charge in [0.2, 0.25) is 5.91 Å². The fraction of sp³-hybridized carbons (Fsp3) is 0.917. The van der Waals surface area contributed by atoms with Crippen molar-refractivity contribution >= 4 is 15.7 Å². The molecule has 2 atom stereocenters. The lowest BCUT2D eigenvalue weighted by molar-refractivity contribution is -0.122. The summed E-state index contributed by atoms with van der Waals surface area (Å²) in [5, 5.41) is 15.0. The van der Waals surface area contributed by atoms with Crippen LogP contribution in [0.15, 0.2) is 0 Å². The summed E-state index contributed by atoms with van der Waals surface area (Å²) in [6, 6.07) is -0.579. The lowest BCUT2D eigenvalue weighted by atomic mass is 10.0. The first-order chi connectivity index (χ1) is 8.82. The van der Waals surface area contributed by atoms with E-state index in [2.05, 4.69) is 10.6 Å². The second-order valence-corrected chi connectivity index (χ2v) is 7.77. The van der Waals surface area contributed by atoms with Crippen LogP contribution in [0.5, 0.6) is 0 Å². The molecule has 7 heteroatoms. The third kappa shape index (κ3) is 6.35. The second kappa shape index (κ2) is 7.21. The van der Waals surface area contributed by atoms with E-state index in [1.807, 2.05) is 13.8 Å². The number of amides is 1. The van der Waals surface area contributed by atoms with Crippen molar-refractivity contribution in [2.45, 2.75) is 38.8 Å². The van der Waals surface area contributed by atoms with Gasteiger partial charge in [-0.3, -0.25) is 4.79 Å². The minimum atomic E-state index is -3.02. The number of sulfone groups is 1. The molecule has 0 spiro atoms. The highest BCUT2D eigenvalue weighted by molar-refractivity contribution is 7.91. The quantitative estimate of drug-likeness (QED) is 0.601. The van der Waals surface area contributed by atoms with Gasteiger partial charge in [-0.15, -0.1) is 0 Å². The molecule has 1 saturated heterocycles. The molecule has 0 aromatic carbocycles. The normalized spacial score (nSPS) is 24.1. The zero-order chi connectivity index (χ0) is 14.5. The smallest absolute Gasteiger partial charge is 0.221 e. The highest BCUT2D eigenvalue weighted by Crippen LogP contribution is 2.07. The molecule has 0 radical (unpaired) electrons. The molecule has 1 fully saturated rings. The fourth-order valence-electron chi connectivity index (χ4n) is 2.26. The molecule has 0 aromatic rings. The van der Waals surface area contributed by atoms with E-state index in [1.54, 1.807) is 0 Å². The Morgan fingerprint density at radius 2 is 2.16 bits per heavy atom. The Bertz CT molecular complexity index is 395. The number of hydrogen-bond donors (Lipinski definition) is 3. The van der Waals surface area contributed by atoms with E-state index in [0.717, 1.165) is 0 Å². The van der Waals surface area contributed by atoms with Gasteiger partial charge in [-0.25, -0.2) is 8.42 Å². The number of aliphatic hydroxyl groups excluding tert-OH is 1. The van der Waals surface area contributed by atoms with Crippen LogP contribution in [0, 0.1) is 5.92 Å². The number of rotatable bonds is 6. The van der Waals surface area contributed by atoms with Gasteiger partial charge in [0.05, 0.1) is 24.2 Å². The van der Waals surface area contributed by atoms with Crippen LogP contribution in [-0.4, -0.2) is 56.2 Å². The van der Waals surface area contributed by atoms with Crippen LogP contribution >= 0.6 is 0 Å². The molecule has 0 aliphatic carbocycles. The molecule has 6 nitrogen and oxygen atoms in total. The summed E-state index contributed by atoms with van der Waals surface area (Å²) in [7, 11) is -3.02. The molecule has 2 unspecified atom stereocenters. The van der Waals surface area contributed by atoms with Gasteiger partial charge in [0.15, 0.2) is 9.84 Å². The van der Waals surface area contributed by atoms with Crippen LogP contribution in [0.4, 0.5) is 0 Å². The summed E-state index contributed by atoms with van der Waals surface area (Å²) in [6.07, 6.45) is 0.840. The summed E-state index contributed by atoms with van der Waals surface area (Å²) in [5.41, 5.74) is 0. The topological polar surface area (TPSA) is 95.5 Å². The summed E-state index contributed by atoms with van der Waals surface area (Å²) >= 11 is 0. The highest BCUT2D eigenvalue weighted by Gasteiger charge is 2.26. The summed E-state index contributed by atoms with van der Waals surface area (Å²) in [5.74, 6) is 0.312. The van der Waals surface area contributed by atoms with E-state index in [9.17, 15) is 18.3 Å². The molecular weight excluding hydrogens is 268 g/mol. The molecule has 0 bridgehead atoms. The lowest BCUT2D eigenvalue weighted by Gasteiger charge is -2.24. The predicted molar refractivity (Wildman–Crippen MR) is 73.5 cm³/mol. The number of nitrogens with one attached hydrogen (secondary N) is 2. The van der Waals surface area contributed by atoms with Crippen LogP contribution in [0.25, 0.3) is 0 Å². The Hall–Kier alpha value is -0.660. The van der Waals surface area contributed by atoms with E-state index in [-0.39, 0.29) is 42.5 Å². The van der Waals surface area contributed by atoms with Crippen molar-refractivity contribution in [3.8, 4) is 0 Å². The van der Waals surface area contributed by atoms with E-state index < -0.39 is 9.84 Å². The van der Waals surface area contributed by atoms with Gasteiger partial charge in [-0.2, -0.15) is 0 Å². The lowest BCUT2D eigenvalue weighted by Crippen LogP contribution is -2.48. The number of carbonyl (C=O) groups is 1. The van der Waals surface area contributed by atoms with Crippen molar-refractivity contribution < 1.29 is 18.3 Å². The Morgan fingerprint density at radius 1 is 1.47 bits per heavy atom. The molecule has 1 amide bonds. The molecule has 1 heterocycles. The molecule has 19 heavy (non-hydrogen) atoms. The summed E-state index contributed by atoms with van der Waals surface area (Å²) < 4.78 is 22.9. The number of aliphatic hydroxyl groups is 1. The monoisotopic (exact) mass is 292 g/mol.